The molecule has 0 aliphatic carbocycles. The molecule has 0 bridgehead atoms. The van der Waals surface area contributed by atoms with Gasteiger partial charge in [-0.1, -0.05) is 41.9 Å². The van der Waals surface area contributed by atoms with Gasteiger partial charge in [-0.2, -0.15) is 0 Å². The van der Waals surface area contributed by atoms with Crippen LogP contribution in [0.15, 0.2) is 47.5 Å². The molecule has 6 nitrogen and oxygen atoms in total. The molecule has 2 aromatic rings. The van der Waals surface area contributed by atoms with Crippen molar-refractivity contribution in [1.82, 2.24) is 15.5 Å². The lowest BCUT2D eigenvalue weighted by molar-refractivity contribution is 0.0342. The Bertz CT molecular complexity index is 838. The standard InChI is InChI=1S/C23H31ClN4O2/c1-25-23(26-9-8-20-6-7-21(29-2)15-22(20)24)27-16-18-4-3-5-19(14-18)17-28-10-12-30-13-11-28/h3-7,14-15H,8-13,16-17H2,1-2H3,(H2,25,26,27). The topological polar surface area (TPSA) is 58.1 Å². The molecule has 0 atom stereocenters. The van der Waals surface area contributed by atoms with E-state index in [4.69, 9.17) is 21.1 Å². The first-order valence-electron chi connectivity index (χ1n) is 10.3. The Kier molecular flexibility index (Phi) is 8.81. The molecule has 0 amide bonds. The molecule has 0 spiro atoms. The summed E-state index contributed by atoms with van der Waals surface area (Å²) < 4.78 is 10.6. The average Bonchev–Trinajstić information content (AvgIpc) is 2.78. The molecule has 7 heteroatoms. The quantitative estimate of drug-likeness (QED) is 0.498. The molecular weight excluding hydrogens is 400 g/mol. The molecule has 0 radical (unpaired) electrons. The van der Waals surface area contributed by atoms with Crippen molar-refractivity contribution in [3.8, 4) is 5.75 Å². The first-order chi connectivity index (χ1) is 14.7. The van der Waals surface area contributed by atoms with E-state index >= 15 is 0 Å². The smallest absolute Gasteiger partial charge is 0.191 e. The number of nitrogens with zero attached hydrogens (tertiary/aromatic N) is 2. The zero-order valence-electron chi connectivity index (χ0n) is 17.8. The maximum absolute atomic E-state index is 6.32. The highest BCUT2D eigenvalue weighted by Gasteiger charge is 2.11. The maximum atomic E-state index is 6.32. The lowest BCUT2D eigenvalue weighted by Crippen LogP contribution is -2.38. The van der Waals surface area contributed by atoms with Gasteiger partial charge in [-0.25, -0.2) is 0 Å². The fourth-order valence-electron chi connectivity index (χ4n) is 3.44. The van der Waals surface area contributed by atoms with Gasteiger partial charge in [-0.05, 0) is 35.2 Å². The molecule has 2 aromatic carbocycles. The summed E-state index contributed by atoms with van der Waals surface area (Å²) in [6.45, 7) is 6.07. The van der Waals surface area contributed by atoms with Crippen LogP contribution >= 0.6 is 11.6 Å². The van der Waals surface area contributed by atoms with E-state index in [9.17, 15) is 0 Å². The van der Waals surface area contributed by atoms with Gasteiger partial charge < -0.3 is 20.1 Å². The first kappa shape index (κ1) is 22.4. The Labute approximate surface area is 184 Å². The van der Waals surface area contributed by atoms with Crippen LogP contribution in [0, 0.1) is 0 Å². The molecule has 0 saturated carbocycles. The predicted molar refractivity (Wildman–Crippen MR) is 122 cm³/mol. The van der Waals surface area contributed by atoms with Crippen LogP contribution in [0.1, 0.15) is 16.7 Å². The molecule has 3 rings (SSSR count). The van der Waals surface area contributed by atoms with Crippen LogP contribution in [-0.4, -0.2) is 57.9 Å². The van der Waals surface area contributed by atoms with Crippen LogP contribution < -0.4 is 15.4 Å². The Morgan fingerprint density at radius 1 is 1.13 bits per heavy atom. The Morgan fingerprint density at radius 3 is 2.67 bits per heavy atom. The summed E-state index contributed by atoms with van der Waals surface area (Å²) in [6.07, 6.45) is 0.804. The SMILES string of the molecule is CN=C(NCCc1ccc(OC)cc1Cl)NCc1cccc(CN2CCOCC2)c1. The highest BCUT2D eigenvalue weighted by atomic mass is 35.5. The van der Waals surface area contributed by atoms with E-state index < -0.39 is 0 Å². The zero-order chi connectivity index (χ0) is 21.2. The van der Waals surface area contributed by atoms with Crippen molar-refractivity contribution >= 4 is 17.6 Å². The average molecular weight is 431 g/mol. The normalized spacial score (nSPS) is 15.1. The number of benzene rings is 2. The molecule has 1 heterocycles. The third-order valence-electron chi connectivity index (χ3n) is 5.13. The van der Waals surface area contributed by atoms with Gasteiger partial charge in [0, 0.05) is 44.8 Å². The van der Waals surface area contributed by atoms with E-state index in [-0.39, 0.29) is 0 Å². The van der Waals surface area contributed by atoms with Crippen LogP contribution in [0.4, 0.5) is 0 Å². The molecule has 1 fully saturated rings. The summed E-state index contributed by atoms with van der Waals surface area (Å²) in [7, 11) is 3.42. The molecule has 30 heavy (non-hydrogen) atoms. The number of halogens is 1. The summed E-state index contributed by atoms with van der Waals surface area (Å²) in [6, 6.07) is 14.5. The molecule has 2 N–H and O–H groups in total. The van der Waals surface area contributed by atoms with Crippen molar-refractivity contribution in [3.05, 3.63) is 64.2 Å². The molecule has 1 aliphatic heterocycles. The minimum Gasteiger partial charge on any atom is -0.497 e. The van der Waals surface area contributed by atoms with Gasteiger partial charge in [0.15, 0.2) is 5.96 Å². The van der Waals surface area contributed by atoms with Gasteiger partial charge in [0.05, 0.1) is 20.3 Å². The van der Waals surface area contributed by atoms with E-state index in [0.717, 1.165) is 74.7 Å². The highest BCUT2D eigenvalue weighted by molar-refractivity contribution is 6.31. The highest BCUT2D eigenvalue weighted by Crippen LogP contribution is 2.22. The van der Waals surface area contributed by atoms with Crippen molar-refractivity contribution in [1.29, 1.82) is 0 Å². The number of methoxy groups -OCH3 is 1. The van der Waals surface area contributed by atoms with Gasteiger partial charge >= 0.3 is 0 Å². The summed E-state index contributed by atoms with van der Waals surface area (Å²) in [4.78, 5) is 6.75. The van der Waals surface area contributed by atoms with Crippen molar-refractivity contribution in [3.63, 3.8) is 0 Å². The lowest BCUT2D eigenvalue weighted by Gasteiger charge is -2.26. The third kappa shape index (κ3) is 6.90. The molecule has 0 unspecified atom stereocenters. The summed E-state index contributed by atoms with van der Waals surface area (Å²) in [5.41, 5.74) is 3.64. The number of rotatable bonds is 8. The van der Waals surface area contributed by atoms with Crippen LogP contribution in [0.5, 0.6) is 5.75 Å². The van der Waals surface area contributed by atoms with Crippen LogP contribution in [0.25, 0.3) is 0 Å². The largest absolute Gasteiger partial charge is 0.497 e. The number of morpholine rings is 1. The van der Waals surface area contributed by atoms with Crippen LogP contribution in [-0.2, 0) is 24.2 Å². The minimum atomic E-state index is 0.719. The van der Waals surface area contributed by atoms with Gasteiger partial charge in [0.2, 0.25) is 0 Å². The number of guanidine groups is 1. The summed E-state index contributed by atoms with van der Waals surface area (Å²) in [5.74, 6) is 1.54. The van der Waals surface area contributed by atoms with Gasteiger partial charge in [-0.15, -0.1) is 0 Å². The fraction of sp³-hybridized carbons (Fsp3) is 0.435. The van der Waals surface area contributed by atoms with Gasteiger partial charge in [0.1, 0.15) is 5.75 Å². The van der Waals surface area contributed by atoms with E-state index in [2.05, 4.69) is 44.8 Å². The zero-order valence-corrected chi connectivity index (χ0v) is 18.5. The van der Waals surface area contributed by atoms with Crippen LogP contribution in [0.2, 0.25) is 5.02 Å². The second kappa shape index (κ2) is 11.8. The number of hydrogen-bond acceptors (Lipinski definition) is 4. The molecule has 1 saturated heterocycles. The summed E-state index contributed by atoms with van der Waals surface area (Å²) in [5, 5.41) is 7.46. The number of nitrogens with one attached hydrogen (secondary N) is 2. The van der Waals surface area contributed by atoms with E-state index in [1.165, 1.54) is 11.1 Å². The molecular formula is C23H31ClN4O2. The second-order valence-corrected chi connectivity index (χ2v) is 7.68. The first-order valence-corrected chi connectivity index (χ1v) is 10.7. The Hall–Kier alpha value is -2.28. The van der Waals surface area contributed by atoms with E-state index in [0.29, 0.717) is 0 Å². The van der Waals surface area contributed by atoms with Gasteiger partial charge in [-0.3, -0.25) is 9.89 Å². The Balaban J connectivity index is 1.45. The molecule has 1 aliphatic rings. The van der Waals surface area contributed by atoms with Crippen LogP contribution in [0.3, 0.4) is 0 Å². The van der Waals surface area contributed by atoms with Gasteiger partial charge in [0.25, 0.3) is 0 Å². The van der Waals surface area contributed by atoms with E-state index in [1.54, 1.807) is 14.2 Å². The maximum Gasteiger partial charge on any atom is 0.191 e. The third-order valence-corrected chi connectivity index (χ3v) is 5.48. The number of aliphatic imine (C=N–C) groups is 1. The lowest BCUT2D eigenvalue weighted by atomic mass is 10.1. The van der Waals surface area contributed by atoms with Crippen molar-refractivity contribution in [2.45, 2.75) is 19.5 Å². The number of ether oxygens (including phenoxy) is 2. The minimum absolute atomic E-state index is 0.719. The molecule has 162 valence electrons. The van der Waals surface area contributed by atoms with Crippen molar-refractivity contribution < 1.29 is 9.47 Å². The number of hydrogen-bond donors (Lipinski definition) is 2. The van der Waals surface area contributed by atoms with E-state index in [1.807, 2.05) is 18.2 Å². The monoisotopic (exact) mass is 430 g/mol. The van der Waals surface area contributed by atoms with Crippen molar-refractivity contribution in [2.75, 3.05) is 47.0 Å². The summed E-state index contributed by atoms with van der Waals surface area (Å²) >= 11 is 6.32. The molecule has 0 aromatic heterocycles. The Morgan fingerprint density at radius 2 is 1.93 bits per heavy atom. The van der Waals surface area contributed by atoms with Crippen molar-refractivity contribution in [2.24, 2.45) is 4.99 Å². The second-order valence-electron chi connectivity index (χ2n) is 7.27. The fourth-order valence-corrected chi connectivity index (χ4v) is 3.70. The predicted octanol–water partition coefficient (Wildman–Crippen LogP) is 3.09.